The summed E-state index contributed by atoms with van der Waals surface area (Å²) in [5.74, 6) is -13.8. The topological polar surface area (TPSA) is 54.0 Å². The van der Waals surface area contributed by atoms with Gasteiger partial charge in [-0.2, -0.15) is 8.78 Å². The molecule has 0 spiro atoms. The third-order valence-electron chi connectivity index (χ3n) is 5.24. The minimum atomic E-state index is -2.35. The summed E-state index contributed by atoms with van der Waals surface area (Å²) in [4.78, 5) is 12.6. The molecule has 11 heteroatoms. The number of carbonyl (C=O) groups excluding carboxylic acids is 1. The molecule has 5 nitrogen and oxygen atoms in total. The fraction of sp³-hybridized carbons (Fsp3) is 0.435. The second-order valence-electron chi connectivity index (χ2n) is 9.29. The lowest BCUT2D eigenvalue weighted by Gasteiger charge is -2.40. The zero-order chi connectivity index (χ0) is 25.5. The van der Waals surface area contributed by atoms with Crippen molar-refractivity contribution in [1.82, 2.24) is 0 Å². The highest BCUT2D eigenvalue weighted by Gasteiger charge is 2.39. The van der Waals surface area contributed by atoms with Crippen molar-refractivity contribution >= 4 is 15.0 Å². The molecule has 0 saturated carbocycles. The Balaban J connectivity index is 1.94. The van der Waals surface area contributed by atoms with E-state index in [-0.39, 0.29) is 35.0 Å². The summed E-state index contributed by atoms with van der Waals surface area (Å²) >= 11 is 0. The molecule has 0 amide bonds. The van der Waals surface area contributed by atoms with Crippen molar-refractivity contribution in [3.8, 4) is 17.2 Å². The summed E-state index contributed by atoms with van der Waals surface area (Å²) in [6.45, 7) is 11.7. The molecule has 0 aliphatic carbocycles. The van der Waals surface area contributed by atoms with Gasteiger partial charge >= 0.3 is 5.97 Å². The molecular formula is C23H25F5O5Si. The first kappa shape index (κ1) is 26.0. The average molecular weight is 505 g/mol. The largest absolute Gasteiger partial charge is 0.486 e. The Hall–Kier alpha value is -2.66. The van der Waals surface area contributed by atoms with Gasteiger partial charge in [-0.05, 0) is 37.6 Å². The molecule has 34 heavy (non-hydrogen) atoms. The molecule has 186 valence electrons. The number of benzene rings is 2. The summed E-state index contributed by atoms with van der Waals surface area (Å²) < 4.78 is 90.8. The van der Waals surface area contributed by atoms with E-state index in [0.29, 0.717) is 5.75 Å². The van der Waals surface area contributed by atoms with Gasteiger partial charge in [-0.3, -0.25) is 0 Å². The molecular weight excluding hydrogens is 479 g/mol. The minimum Gasteiger partial charge on any atom is -0.486 e. The molecule has 0 saturated heterocycles. The number of esters is 1. The van der Waals surface area contributed by atoms with Gasteiger partial charge in [0.25, 0.3) is 0 Å². The first-order valence-electron chi connectivity index (χ1n) is 10.6. The maximum atomic E-state index is 14.0. The lowest BCUT2D eigenvalue weighted by atomic mass is 9.85. The molecule has 1 heterocycles. The molecule has 1 aliphatic heterocycles. The van der Waals surface area contributed by atoms with E-state index in [2.05, 4.69) is 4.74 Å². The number of hydrogen-bond acceptors (Lipinski definition) is 5. The van der Waals surface area contributed by atoms with Gasteiger partial charge in [0.1, 0.15) is 6.61 Å². The molecule has 2 aromatic carbocycles. The molecule has 2 aromatic rings. The van der Waals surface area contributed by atoms with Crippen molar-refractivity contribution in [1.29, 1.82) is 0 Å². The SMILES string of the molecule is Cc1c(C(=O)Oc2c(F)c(F)c(F)c(F)c2F)ccc2c1OC([C@@H](O[SiH](C)C)C(C)(C)C)CO2. The van der Waals surface area contributed by atoms with Gasteiger partial charge < -0.3 is 18.6 Å². The van der Waals surface area contributed by atoms with Gasteiger partial charge in [0.05, 0.1) is 11.7 Å². The predicted molar refractivity (Wildman–Crippen MR) is 115 cm³/mol. The van der Waals surface area contributed by atoms with Crippen LogP contribution in [-0.2, 0) is 4.43 Å². The van der Waals surface area contributed by atoms with E-state index in [1.54, 1.807) is 0 Å². The summed E-state index contributed by atoms with van der Waals surface area (Å²) in [7, 11) is -1.45. The van der Waals surface area contributed by atoms with E-state index in [1.807, 2.05) is 33.9 Å². The van der Waals surface area contributed by atoms with Gasteiger partial charge in [-0.25, -0.2) is 18.0 Å². The van der Waals surface area contributed by atoms with E-state index >= 15 is 0 Å². The Morgan fingerprint density at radius 2 is 1.59 bits per heavy atom. The van der Waals surface area contributed by atoms with E-state index in [0.717, 1.165) is 0 Å². The molecule has 1 unspecified atom stereocenters. The van der Waals surface area contributed by atoms with Gasteiger partial charge in [0, 0.05) is 5.56 Å². The molecule has 0 fully saturated rings. The molecule has 1 aliphatic rings. The highest BCUT2D eigenvalue weighted by molar-refractivity contribution is 6.48. The quantitative estimate of drug-likeness (QED) is 0.135. The van der Waals surface area contributed by atoms with Gasteiger partial charge in [-0.15, -0.1) is 0 Å². The van der Waals surface area contributed by atoms with E-state index in [9.17, 15) is 26.7 Å². The van der Waals surface area contributed by atoms with Crippen LogP contribution in [0.5, 0.6) is 17.2 Å². The Morgan fingerprint density at radius 3 is 2.12 bits per heavy atom. The first-order chi connectivity index (χ1) is 15.7. The molecule has 3 rings (SSSR count). The second kappa shape index (κ2) is 9.53. The van der Waals surface area contributed by atoms with Crippen LogP contribution in [0.4, 0.5) is 22.0 Å². The number of carbonyl (C=O) groups is 1. The third-order valence-corrected chi connectivity index (χ3v) is 6.07. The third kappa shape index (κ3) is 4.90. The van der Waals surface area contributed by atoms with Crippen LogP contribution < -0.4 is 14.2 Å². The Labute approximate surface area is 195 Å². The van der Waals surface area contributed by atoms with Crippen molar-refractivity contribution < 1.29 is 45.4 Å². The van der Waals surface area contributed by atoms with E-state index in [4.69, 9.17) is 13.9 Å². The minimum absolute atomic E-state index is 0.196. The van der Waals surface area contributed by atoms with Gasteiger partial charge in [0.2, 0.25) is 34.8 Å². The van der Waals surface area contributed by atoms with Crippen LogP contribution in [0.15, 0.2) is 12.1 Å². The standard InChI is InChI=1S/C23H25F5O5Si/c1-10-11(22(29)32-20-17(27)15(25)14(24)16(26)18(20)28)7-8-12-19(10)31-13(9-30-12)21(23(2,3)4)33-34(5)6/h7-8,13,21,34H,9H2,1-6H3/t13?,21-/m1/s1. The lowest BCUT2D eigenvalue weighted by molar-refractivity contribution is -0.0477. The van der Waals surface area contributed by atoms with Crippen LogP contribution in [0.25, 0.3) is 0 Å². The van der Waals surface area contributed by atoms with Crippen LogP contribution in [0.3, 0.4) is 0 Å². The highest BCUT2D eigenvalue weighted by Crippen LogP contribution is 2.40. The summed E-state index contributed by atoms with van der Waals surface area (Å²) in [6, 6.07) is 2.66. The summed E-state index contributed by atoms with van der Waals surface area (Å²) in [6.07, 6.45) is -0.835. The maximum Gasteiger partial charge on any atom is 0.344 e. The van der Waals surface area contributed by atoms with Crippen molar-refractivity contribution in [2.45, 2.75) is 53.0 Å². The normalized spacial score (nSPS) is 16.5. The predicted octanol–water partition coefficient (Wildman–Crippen LogP) is 5.46. The molecule has 0 bridgehead atoms. The smallest absolute Gasteiger partial charge is 0.344 e. The van der Waals surface area contributed by atoms with Crippen molar-refractivity contribution in [2.75, 3.05) is 6.61 Å². The van der Waals surface area contributed by atoms with E-state index in [1.165, 1.54) is 19.1 Å². The first-order valence-corrected chi connectivity index (χ1v) is 13.3. The zero-order valence-corrected chi connectivity index (χ0v) is 20.7. The van der Waals surface area contributed by atoms with E-state index < -0.39 is 55.9 Å². The Bertz CT molecular complexity index is 1090. The number of hydrogen-bond donors (Lipinski definition) is 0. The fourth-order valence-electron chi connectivity index (χ4n) is 3.62. The van der Waals surface area contributed by atoms with Crippen LogP contribution >= 0.6 is 0 Å². The fourth-order valence-corrected chi connectivity index (χ4v) is 4.79. The summed E-state index contributed by atoms with van der Waals surface area (Å²) in [5.41, 5.74) is -0.275. The van der Waals surface area contributed by atoms with Crippen LogP contribution in [0, 0.1) is 41.4 Å². The highest BCUT2D eigenvalue weighted by atomic mass is 28.3. The second-order valence-corrected chi connectivity index (χ2v) is 11.7. The number of rotatable bonds is 5. The molecule has 0 radical (unpaired) electrons. The van der Waals surface area contributed by atoms with Crippen molar-refractivity contribution in [2.24, 2.45) is 5.41 Å². The maximum absolute atomic E-state index is 14.0. The van der Waals surface area contributed by atoms with Crippen molar-refractivity contribution in [3.63, 3.8) is 0 Å². The molecule has 2 atom stereocenters. The Kier molecular flexibility index (Phi) is 7.28. The number of halogens is 5. The lowest BCUT2D eigenvalue weighted by Crippen LogP contribution is -2.49. The zero-order valence-electron chi connectivity index (χ0n) is 19.5. The monoisotopic (exact) mass is 504 g/mol. The van der Waals surface area contributed by atoms with Crippen LogP contribution in [0.1, 0.15) is 36.7 Å². The van der Waals surface area contributed by atoms with Gasteiger partial charge in [0.15, 0.2) is 26.6 Å². The number of ether oxygens (including phenoxy) is 3. The average Bonchev–Trinajstić information content (AvgIpc) is 2.77. The van der Waals surface area contributed by atoms with Crippen LogP contribution in [0.2, 0.25) is 13.1 Å². The Morgan fingerprint density at radius 1 is 1.03 bits per heavy atom. The molecule has 0 aromatic heterocycles. The van der Waals surface area contributed by atoms with Crippen LogP contribution in [-0.4, -0.2) is 33.8 Å². The molecule has 0 N–H and O–H groups in total. The number of fused-ring (bicyclic) bond motifs is 1. The van der Waals surface area contributed by atoms with Crippen molar-refractivity contribution in [3.05, 3.63) is 52.3 Å². The van der Waals surface area contributed by atoms with Gasteiger partial charge in [-0.1, -0.05) is 20.8 Å². The summed E-state index contributed by atoms with van der Waals surface area (Å²) in [5, 5.41) is 0.